The first-order chi connectivity index (χ1) is 32.4. The first-order valence-electron chi connectivity index (χ1n) is 26.1. The van der Waals surface area contributed by atoms with Gasteiger partial charge in [0.25, 0.3) is 0 Å². The fourth-order valence-electron chi connectivity index (χ4n) is 7.63. The van der Waals surface area contributed by atoms with Crippen molar-refractivity contribution >= 4 is 19.8 Å². The molecule has 13 nitrogen and oxygen atoms in total. The third kappa shape index (κ3) is 34.5. The SMILES string of the molecule is CCCCC/C=C/C/C=C/C/C=C/C/C=C/CCCC(=O)OC[C@H](COP(=O)(O)OC1C(O)C(O)C(O)[C@@H](O)C1O)OC(=O)CCCCCCCCCCCCC/C=C/CCCCCCCC. The van der Waals surface area contributed by atoms with E-state index >= 15 is 0 Å². The van der Waals surface area contributed by atoms with E-state index in [1.165, 1.54) is 109 Å². The maximum absolute atomic E-state index is 12.9. The Hall–Kier alpha value is -2.45. The van der Waals surface area contributed by atoms with Crippen molar-refractivity contribution in [2.75, 3.05) is 13.2 Å². The van der Waals surface area contributed by atoms with Gasteiger partial charge >= 0.3 is 19.8 Å². The third-order valence-electron chi connectivity index (χ3n) is 11.8. The molecule has 6 N–H and O–H groups in total. The number of aliphatic hydroxyl groups is 5. The molecule has 1 fully saturated rings. The van der Waals surface area contributed by atoms with Crippen LogP contribution in [0.4, 0.5) is 0 Å². The Morgan fingerprint density at radius 1 is 0.463 bits per heavy atom. The fourth-order valence-corrected chi connectivity index (χ4v) is 8.60. The zero-order valence-corrected chi connectivity index (χ0v) is 42.3. The topological polar surface area (TPSA) is 210 Å². The van der Waals surface area contributed by atoms with E-state index in [1.54, 1.807) is 0 Å². The second-order valence-corrected chi connectivity index (χ2v) is 19.4. The molecule has 0 aromatic rings. The molecule has 0 aromatic carbocycles. The van der Waals surface area contributed by atoms with Gasteiger partial charge in [-0.05, 0) is 77.0 Å². The molecule has 0 aromatic heterocycles. The average Bonchev–Trinajstić information content (AvgIpc) is 3.31. The van der Waals surface area contributed by atoms with Crippen LogP contribution < -0.4 is 0 Å². The second-order valence-electron chi connectivity index (χ2n) is 18.0. The predicted octanol–water partition coefficient (Wildman–Crippen LogP) is 11.3. The summed E-state index contributed by atoms with van der Waals surface area (Å²) in [6, 6.07) is 0. The summed E-state index contributed by atoms with van der Waals surface area (Å²) in [5.74, 6) is -1.16. The normalized spacial score (nSPS) is 21.6. The van der Waals surface area contributed by atoms with Gasteiger partial charge in [0, 0.05) is 12.8 Å². The van der Waals surface area contributed by atoms with Gasteiger partial charge in [-0.15, -0.1) is 0 Å². The number of hydrogen-bond acceptors (Lipinski definition) is 12. The number of allylic oxidation sites excluding steroid dienone is 10. The highest BCUT2D eigenvalue weighted by Gasteiger charge is 2.51. The van der Waals surface area contributed by atoms with Gasteiger partial charge in [0.05, 0.1) is 6.61 Å². The fraction of sp³-hybridized carbons (Fsp3) is 0.774. The molecule has 0 radical (unpaired) electrons. The van der Waals surface area contributed by atoms with Gasteiger partial charge in [0.15, 0.2) is 6.10 Å². The molecule has 0 heterocycles. The van der Waals surface area contributed by atoms with E-state index in [0.29, 0.717) is 19.3 Å². The lowest BCUT2D eigenvalue weighted by atomic mass is 9.85. The molecule has 1 saturated carbocycles. The van der Waals surface area contributed by atoms with E-state index in [1.807, 2.05) is 12.2 Å². The molecule has 1 rings (SSSR count). The smallest absolute Gasteiger partial charge is 0.462 e. The Labute approximate surface area is 404 Å². The number of hydrogen-bond donors (Lipinski definition) is 6. The Balaban J connectivity index is 2.42. The molecule has 67 heavy (non-hydrogen) atoms. The summed E-state index contributed by atoms with van der Waals surface area (Å²) in [5, 5.41) is 50.3. The van der Waals surface area contributed by atoms with Gasteiger partial charge in [-0.3, -0.25) is 18.6 Å². The van der Waals surface area contributed by atoms with Crippen molar-refractivity contribution in [2.45, 2.75) is 249 Å². The molecule has 8 atom stereocenters. The van der Waals surface area contributed by atoms with Crippen LogP contribution in [0.1, 0.15) is 206 Å². The van der Waals surface area contributed by atoms with E-state index in [0.717, 1.165) is 51.4 Å². The summed E-state index contributed by atoms with van der Waals surface area (Å²) in [4.78, 5) is 35.8. The Kier molecular flexibility index (Phi) is 39.6. The minimum atomic E-state index is -5.14. The van der Waals surface area contributed by atoms with Gasteiger partial charge < -0.3 is 39.9 Å². The van der Waals surface area contributed by atoms with E-state index in [4.69, 9.17) is 18.5 Å². The van der Waals surface area contributed by atoms with E-state index < -0.39 is 75.7 Å². The number of carbonyl (C=O) groups is 2. The van der Waals surface area contributed by atoms with Crippen molar-refractivity contribution in [2.24, 2.45) is 0 Å². The van der Waals surface area contributed by atoms with Gasteiger partial charge in [-0.1, -0.05) is 177 Å². The highest BCUT2D eigenvalue weighted by molar-refractivity contribution is 7.47. The Morgan fingerprint density at radius 3 is 1.31 bits per heavy atom. The second kappa shape index (κ2) is 42.4. The lowest BCUT2D eigenvalue weighted by Gasteiger charge is -2.41. The first kappa shape index (κ1) is 62.6. The molecule has 1 aliphatic carbocycles. The molecular formula is C53H93O13P. The maximum atomic E-state index is 12.9. The minimum absolute atomic E-state index is 0.0829. The van der Waals surface area contributed by atoms with Crippen LogP contribution in [0.25, 0.3) is 0 Å². The lowest BCUT2D eigenvalue weighted by Crippen LogP contribution is -2.64. The summed E-state index contributed by atoms with van der Waals surface area (Å²) < 4.78 is 33.6. The van der Waals surface area contributed by atoms with Crippen molar-refractivity contribution in [3.8, 4) is 0 Å². The van der Waals surface area contributed by atoms with Crippen LogP contribution in [0.2, 0.25) is 0 Å². The number of aliphatic hydroxyl groups excluding tert-OH is 5. The largest absolute Gasteiger partial charge is 0.472 e. The predicted molar refractivity (Wildman–Crippen MR) is 267 cm³/mol. The third-order valence-corrected chi connectivity index (χ3v) is 12.8. The van der Waals surface area contributed by atoms with Gasteiger partial charge in [-0.25, -0.2) is 4.57 Å². The van der Waals surface area contributed by atoms with Crippen LogP contribution >= 0.6 is 7.82 Å². The quantitative estimate of drug-likeness (QED) is 0.0146. The van der Waals surface area contributed by atoms with Gasteiger partial charge in [-0.2, -0.15) is 0 Å². The van der Waals surface area contributed by atoms with Crippen molar-refractivity contribution in [3.05, 3.63) is 60.8 Å². The molecule has 0 saturated heterocycles. The van der Waals surface area contributed by atoms with Crippen LogP contribution in [-0.4, -0.2) is 98.3 Å². The number of esters is 2. The summed E-state index contributed by atoms with van der Waals surface area (Å²) in [5.41, 5.74) is 0. The van der Waals surface area contributed by atoms with Crippen molar-refractivity contribution in [3.63, 3.8) is 0 Å². The molecule has 1 aliphatic rings. The molecule has 14 heteroatoms. The summed E-state index contributed by atoms with van der Waals surface area (Å²) >= 11 is 0. The van der Waals surface area contributed by atoms with E-state index in [9.17, 15) is 44.6 Å². The number of phosphoric acid groups is 1. The number of ether oxygens (including phenoxy) is 2. The zero-order chi connectivity index (χ0) is 49.2. The van der Waals surface area contributed by atoms with Crippen LogP contribution in [0, 0.1) is 0 Å². The Morgan fingerprint density at radius 2 is 0.821 bits per heavy atom. The summed E-state index contributed by atoms with van der Waals surface area (Å²) in [7, 11) is -5.14. The van der Waals surface area contributed by atoms with E-state index in [2.05, 4.69) is 62.5 Å². The number of phosphoric ester groups is 1. The molecule has 0 amide bonds. The minimum Gasteiger partial charge on any atom is -0.462 e. The van der Waals surface area contributed by atoms with Crippen LogP contribution in [0.3, 0.4) is 0 Å². The first-order valence-corrected chi connectivity index (χ1v) is 27.6. The zero-order valence-electron chi connectivity index (χ0n) is 41.4. The standard InChI is InChI=1S/C53H93O13P/c1-3-5-7-9-11-13-15-17-19-21-22-23-24-26-28-30-32-34-36-38-40-42-47(55)65-45(44-64-67(61,62)66-53-51(59)49(57)48(56)50(58)52(53)60)43-63-46(54)41-39-37-35-33-31-29-27-25-20-18-16-14-12-10-8-6-4-2/h12,14,17-20,27,29,33,35,45,48-53,56-60H,3-11,13,15-16,21-26,28,30-32,34,36-44H2,1-2H3,(H,61,62)/b14-12+,19-17+,20-18+,29-27+,35-33+/t45-,48?,49-,50?,51?,52?,53?/m1/s1. The molecule has 0 aliphatic heterocycles. The van der Waals surface area contributed by atoms with Gasteiger partial charge in [0.1, 0.15) is 43.2 Å². The summed E-state index contributed by atoms with van der Waals surface area (Å²) in [6.45, 7) is 3.24. The highest BCUT2D eigenvalue weighted by Crippen LogP contribution is 2.47. The molecule has 388 valence electrons. The van der Waals surface area contributed by atoms with Crippen LogP contribution in [0.15, 0.2) is 60.8 Å². The summed E-state index contributed by atoms with van der Waals surface area (Å²) in [6.07, 6.45) is 39.9. The lowest BCUT2D eigenvalue weighted by molar-refractivity contribution is -0.220. The van der Waals surface area contributed by atoms with Crippen molar-refractivity contribution in [1.82, 2.24) is 0 Å². The van der Waals surface area contributed by atoms with Crippen LogP contribution in [-0.2, 0) is 32.7 Å². The number of rotatable bonds is 43. The van der Waals surface area contributed by atoms with E-state index in [-0.39, 0.29) is 12.8 Å². The van der Waals surface area contributed by atoms with Crippen LogP contribution in [0.5, 0.6) is 0 Å². The maximum Gasteiger partial charge on any atom is 0.472 e. The molecular weight excluding hydrogens is 876 g/mol. The number of unbranched alkanes of at least 4 members (excludes halogenated alkanes) is 21. The average molecular weight is 969 g/mol. The number of carbonyl (C=O) groups excluding carboxylic acids is 2. The van der Waals surface area contributed by atoms with Gasteiger partial charge in [0.2, 0.25) is 0 Å². The highest BCUT2D eigenvalue weighted by atomic mass is 31.2. The Bertz CT molecular complexity index is 1400. The molecule has 0 bridgehead atoms. The molecule has 6 unspecified atom stereocenters. The van der Waals surface area contributed by atoms with Crippen molar-refractivity contribution < 1.29 is 63.1 Å². The monoisotopic (exact) mass is 969 g/mol. The molecule has 0 spiro atoms. The van der Waals surface area contributed by atoms with Crippen molar-refractivity contribution in [1.29, 1.82) is 0 Å².